The molecule has 1 aliphatic rings. The van der Waals surface area contributed by atoms with E-state index in [-0.39, 0.29) is 11.7 Å². The lowest BCUT2D eigenvalue weighted by Gasteiger charge is -2.28. The van der Waals surface area contributed by atoms with Crippen LogP contribution < -0.4 is 15.4 Å². The maximum Gasteiger partial charge on any atom is 0.319 e. The molecule has 0 bridgehead atoms. The third-order valence-corrected chi connectivity index (χ3v) is 4.66. The molecule has 26 heavy (non-hydrogen) atoms. The van der Waals surface area contributed by atoms with Crippen molar-refractivity contribution in [2.75, 3.05) is 32.1 Å². The fourth-order valence-electron chi connectivity index (χ4n) is 3.26. The molecule has 2 amide bonds. The molecule has 1 fully saturated rings. The smallest absolute Gasteiger partial charge is 0.319 e. The predicted molar refractivity (Wildman–Crippen MR) is 100.0 cm³/mol. The largest absolute Gasteiger partial charge is 0.497 e. The van der Waals surface area contributed by atoms with E-state index in [0.717, 1.165) is 37.2 Å². The number of rotatable bonds is 6. The summed E-state index contributed by atoms with van der Waals surface area (Å²) in [6, 6.07) is 13.7. The summed E-state index contributed by atoms with van der Waals surface area (Å²) in [6.45, 7) is 2.47. The van der Waals surface area contributed by atoms with Crippen LogP contribution in [-0.4, -0.2) is 37.7 Å². The van der Waals surface area contributed by atoms with Crippen LogP contribution in [0, 0.1) is 5.82 Å². The summed E-state index contributed by atoms with van der Waals surface area (Å²) in [7, 11) is 1.64. The van der Waals surface area contributed by atoms with Gasteiger partial charge < -0.3 is 15.4 Å². The summed E-state index contributed by atoms with van der Waals surface area (Å²) in [6.07, 6.45) is 2.32. The Balaban J connectivity index is 1.65. The molecule has 0 aromatic heterocycles. The normalized spacial score (nSPS) is 15.5. The number of amides is 2. The number of methoxy groups -OCH3 is 1. The van der Waals surface area contributed by atoms with Crippen LogP contribution in [0.4, 0.5) is 14.9 Å². The van der Waals surface area contributed by atoms with Crippen LogP contribution in [0.15, 0.2) is 48.5 Å². The number of ether oxygens (including phenoxy) is 1. The van der Waals surface area contributed by atoms with Gasteiger partial charge in [-0.05, 0) is 55.8 Å². The van der Waals surface area contributed by atoms with Crippen molar-refractivity contribution in [3.05, 3.63) is 59.9 Å². The number of carbonyl (C=O) groups excluding carboxylic acids is 1. The first-order chi connectivity index (χ1) is 12.7. The van der Waals surface area contributed by atoms with E-state index in [2.05, 4.69) is 15.5 Å². The van der Waals surface area contributed by atoms with Crippen molar-refractivity contribution >= 4 is 11.7 Å². The minimum absolute atomic E-state index is 0.0785. The maximum atomic E-state index is 13.7. The fourth-order valence-corrected chi connectivity index (χ4v) is 3.26. The minimum atomic E-state index is -0.450. The highest BCUT2D eigenvalue weighted by molar-refractivity contribution is 5.89. The molecule has 1 atom stereocenters. The van der Waals surface area contributed by atoms with Gasteiger partial charge in [0.2, 0.25) is 0 Å². The Bertz CT molecular complexity index is 730. The Morgan fingerprint density at radius 3 is 2.50 bits per heavy atom. The molecule has 2 aromatic carbocycles. The van der Waals surface area contributed by atoms with Crippen molar-refractivity contribution in [1.29, 1.82) is 0 Å². The van der Waals surface area contributed by atoms with Gasteiger partial charge in [0, 0.05) is 6.54 Å². The SMILES string of the molecule is COc1ccc([C@@H](CNC(=O)Nc2ccccc2F)N2CCCC2)cc1. The zero-order chi connectivity index (χ0) is 18.4. The second kappa shape index (κ2) is 8.67. The predicted octanol–water partition coefficient (Wildman–Crippen LogP) is 3.79. The number of hydrogen-bond acceptors (Lipinski definition) is 3. The molecule has 0 spiro atoms. The van der Waals surface area contributed by atoms with Crippen LogP contribution in [0.3, 0.4) is 0 Å². The van der Waals surface area contributed by atoms with Gasteiger partial charge in [0.05, 0.1) is 18.8 Å². The van der Waals surface area contributed by atoms with Gasteiger partial charge in [0.15, 0.2) is 0 Å². The first-order valence-corrected chi connectivity index (χ1v) is 8.85. The standard InChI is InChI=1S/C20H24FN3O2/c1-26-16-10-8-15(9-11-16)19(24-12-4-5-13-24)14-22-20(25)23-18-7-3-2-6-17(18)21/h2-3,6-11,19H,4-5,12-14H2,1H3,(H2,22,23,25)/t19-/m1/s1. The molecule has 2 N–H and O–H groups in total. The highest BCUT2D eigenvalue weighted by atomic mass is 19.1. The molecule has 0 unspecified atom stereocenters. The van der Waals surface area contributed by atoms with Crippen molar-refractivity contribution in [1.82, 2.24) is 10.2 Å². The van der Waals surface area contributed by atoms with Crippen LogP contribution in [-0.2, 0) is 0 Å². The van der Waals surface area contributed by atoms with E-state index in [1.54, 1.807) is 19.2 Å². The number of anilines is 1. The van der Waals surface area contributed by atoms with Crippen LogP contribution in [0.25, 0.3) is 0 Å². The van der Waals surface area contributed by atoms with Gasteiger partial charge in [-0.1, -0.05) is 24.3 Å². The number of urea groups is 1. The van der Waals surface area contributed by atoms with E-state index in [1.807, 2.05) is 24.3 Å². The summed E-state index contributed by atoms with van der Waals surface area (Å²) in [5, 5.41) is 5.44. The molecule has 138 valence electrons. The number of nitrogens with one attached hydrogen (secondary N) is 2. The molecule has 1 heterocycles. The molecule has 0 aliphatic carbocycles. The van der Waals surface area contributed by atoms with E-state index in [9.17, 15) is 9.18 Å². The monoisotopic (exact) mass is 357 g/mol. The average molecular weight is 357 g/mol. The van der Waals surface area contributed by atoms with Crippen LogP contribution in [0.5, 0.6) is 5.75 Å². The van der Waals surface area contributed by atoms with E-state index >= 15 is 0 Å². The number of halogens is 1. The Kier molecular flexibility index (Phi) is 6.07. The molecule has 2 aromatic rings. The molecule has 1 aliphatic heterocycles. The van der Waals surface area contributed by atoms with E-state index in [1.165, 1.54) is 12.1 Å². The number of hydrogen-bond donors (Lipinski definition) is 2. The Hall–Kier alpha value is -2.60. The topological polar surface area (TPSA) is 53.6 Å². The van der Waals surface area contributed by atoms with Crippen molar-refractivity contribution in [2.45, 2.75) is 18.9 Å². The first-order valence-electron chi connectivity index (χ1n) is 8.85. The maximum absolute atomic E-state index is 13.7. The Morgan fingerprint density at radius 2 is 1.85 bits per heavy atom. The van der Waals surface area contributed by atoms with Crippen molar-refractivity contribution in [2.24, 2.45) is 0 Å². The first kappa shape index (κ1) is 18.2. The molecular formula is C20H24FN3O2. The van der Waals surface area contributed by atoms with E-state index in [0.29, 0.717) is 6.54 Å². The summed E-state index contributed by atoms with van der Waals surface area (Å²) in [5.74, 6) is 0.355. The molecule has 3 rings (SSSR count). The summed E-state index contributed by atoms with van der Waals surface area (Å²) < 4.78 is 18.9. The van der Waals surface area contributed by atoms with Crippen LogP contribution >= 0.6 is 0 Å². The zero-order valence-corrected chi connectivity index (χ0v) is 14.9. The van der Waals surface area contributed by atoms with Gasteiger partial charge in [-0.25, -0.2) is 9.18 Å². The number of nitrogens with zero attached hydrogens (tertiary/aromatic N) is 1. The zero-order valence-electron chi connectivity index (χ0n) is 14.9. The molecular weight excluding hydrogens is 333 g/mol. The second-order valence-corrected chi connectivity index (χ2v) is 6.35. The van der Waals surface area contributed by atoms with Gasteiger partial charge in [0.1, 0.15) is 11.6 Å². The third kappa shape index (κ3) is 4.52. The number of para-hydroxylation sites is 1. The lowest BCUT2D eigenvalue weighted by Crippen LogP contribution is -2.38. The summed E-state index contributed by atoms with van der Waals surface area (Å²) in [5.41, 5.74) is 1.30. The molecule has 0 saturated carbocycles. The van der Waals surface area contributed by atoms with Crippen molar-refractivity contribution < 1.29 is 13.9 Å². The Labute approximate surface area is 153 Å². The number of benzene rings is 2. The van der Waals surface area contributed by atoms with E-state index in [4.69, 9.17) is 4.74 Å². The van der Waals surface area contributed by atoms with Gasteiger partial charge >= 0.3 is 6.03 Å². The van der Waals surface area contributed by atoms with Crippen LogP contribution in [0.1, 0.15) is 24.4 Å². The van der Waals surface area contributed by atoms with Gasteiger partial charge in [0.25, 0.3) is 0 Å². The number of likely N-dealkylation sites (tertiary alicyclic amines) is 1. The highest BCUT2D eigenvalue weighted by Crippen LogP contribution is 2.26. The quantitative estimate of drug-likeness (QED) is 0.827. The van der Waals surface area contributed by atoms with Crippen molar-refractivity contribution in [3.8, 4) is 5.75 Å². The molecule has 6 heteroatoms. The second-order valence-electron chi connectivity index (χ2n) is 6.35. The third-order valence-electron chi connectivity index (χ3n) is 4.66. The molecule has 5 nitrogen and oxygen atoms in total. The molecule has 0 radical (unpaired) electrons. The molecule has 1 saturated heterocycles. The van der Waals surface area contributed by atoms with E-state index < -0.39 is 11.8 Å². The highest BCUT2D eigenvalue weighted by Gasteiger charge is 2.24. The van der Waals surface area contributed by atoms with Crippen molar-refractivity contribution in [3.63, 3.8) is 0 Å². The lowest BCUT2D eigenvalue weighted by atomic mass is 10.1. The fraction of sp³-hybridized carbons (Fsp3) is 0.350. The summed E-state index contributed by atoms with van der Waals surface area (Å²) >= 11 is 0. The van der Waals surface area contributed by atoms with Crippen LogP contribution in [0.2, 0.25) is 0 Å². The average Bonchev–Trinajstić information content (AvgIpc) is 3.19. The van der Waals surface area contributed by atoms with Gasteiger partial charge in [-0.3, -0.25) is 4.90 Å². The Morgan fingerprint density at radius 1 is 1.15 bits per heavy atom. The minimum Gasteiger partial charge on any atom is -0.497 e. The number of carbonyl (C=O) groups is 1. The van der Waals surface area contributed by atoms with Gasteiger partial charge in [-0.15, -0.1) is 0 Å². The summed E-state index contributed by atoms with van der Waals surface area (Å²) in [4.78, 5) is 14.6. The van der Waals surface area contributed by atoms with Gasteiger partial charge in [-0.2, -0.15) is 0 Å². The lowest BCUT2D eigenvalue weighted by molar-refractivity contribution is 0.227.